The molecule has 2 atom stereocenters. The molecule has 0 spiro atoms. The summed E-state index contributed by atoms with van der Waals surface area (Å²) in [6.07, 6.45) is 2.12. The van der Waals surface area contributed by atoms with Crippen LogP contribution >= 0.6 is 0 Å². The SMILES string of the molecule is COc1ccc([C@H](CC(=O)O)NC(=O)NC2C(=O)C=CN(C)C2=O)c(C)c1-c1ccccc1C.[H-].[Na+]. The van der Waals surface area contributed by atoms with Crippen molar-refractivity contribution in [2.24, 2.45) is 0 Å². The number of benzene rings is 2. The van der Waals surface area contributed by atoms with Gasteiger partial charge in [-0.3, -0.25) is 14.4 Å². The first-order valence-electron chi connectivity index (χ1n) is 10.6. The van der Waals surface area contributed by atoms with Gasteiger partial charge in [-0.15, -0.1) is 0 Å². The summed E-state index contributed by atoms with van der Waals surface area (Å²) in [5, 5.41) is 14.5. The van der Waals surface area contributed by atoms with Crippen molar-refractivity contribution >= 4 is 23.7 Å². The molecule has 3 N–H and O–H groups in total. The van der Waals surface area contributed by atoms with Crippen molar-refractivity contribution in [3.8, 4) is 16.9 Å². The smallest absolute Gasteiger partial charge is 1.00 e. The van der Waals surface area contributed by atoms with Gasteiger partial charge in [0.2, 0.25) is 0 Å². The summed E-state index contributed by atoms with van der Waals surface area (Å²) in [5.41, 5.74) is 4.04. The van der Waals surface area contributed by atoms with Gasteiger partial charge in [-0.2, -0.15) is 0 Å². The minimum Gasteiger partial charge on any atom is -1.00 e. The molecule has 0 aliphatic carbocycles. The molecule has 0 saturated heterocycles. The first kappa shape index (κ1) is 28.1. The van der Waals surface area contributed by atoms with Gasteiger partial charge in [0, 0.05) is 24.9 Å². The molecule has 1 aliphatic rings. The second kappa shape index (κ2) is 12.0. The van der Waals surface area contributed by atoms with Crippen molar-refractivity contribution in [2.75, 3.05) is 14.2 Å². The number of urea groups is 1. The minimum absolute atomic E-state index is 0. The predicted octanol–water partition coefficient (Wildman–Crippen LogP) is -0.166. The van der Waals surface area contributed by atoms with Crippen molar-refractivity contribution in [1.29, 1.82) is 0 Å². The van der Waals surface area contributed by atoms with Crippen molar-refractivity contribution in [3.63, 3.8) is 0 Å². The summed E-state index contributed by atoms with van der Waals surface area (Å²) < 4.78 is 5.56. The van der Waals surface area contributed by atoms with E-state index < -0.39 is 42.2 Å². The minimum atomic E-state index is -1.38. The Bertz CT molecular complexity index is 1190. The van der Waals surface area contributed by atoms with Crippen molar-refractivity contribution in [3.05, 3.63) is 65.4 Å². The number of carbonyl (C=O) groups is 4. The fourth-order valence-corrected chi connectivity index (χ4v) is 4.00. The molecule has 3 amide bonds. The number of carboxylic acids is 1. The average Bonchev–Trinajstić information content (AvgIpc) is 2.79. The Morgan fingerprint density at radius 1 is 1.17 bits per heavy atom. The maximum atomic E-state index is 12.7. The van der Waals surface area contributed by atoms with Gasteiger partial charge in [-0.1, -0.05) is 30.3 Å². The normalized spacial score (nSPS) is 15.8. The van der Waals surface area contributed by atoms with Crippen LogP contribution in [0.3, 0.4) is 0 Å². The van der Waals surface area contributed by atoms with Crippen molar-refractivity contribution < 1.29 is 60.0 Å². The Balaban J connectivity index is 0.00000324. The molecule has 0 aromatic heterocycles. The van der Waals surface area contributed by atoms with Crippen LogP contribution in [0.2, 0.25) is 0 Å². The van der Waals surface area contributed by atoms with Crippen molar-refractivity contribution in [2.45, 2.75) is 32.4 Å². The molecule has 0 radical (unpaired) electrons. The van der Waals surface area contributed by atoms with E-state index in [2.05, 4.69) is 10.6 Å². The molecular formula is C25H28N3NaO6. The number of ether oxygens (including phenoxy) is 1. The number of rotatable bonds is 7. The molecule has 35 heavy (non-hydrogen) atoms. The number of nitrogens with one attached hydrogen (secondary N) is 2. The van der Waals surface area contributed by atoms with Crippen LogP contribution in [-0.2, 0) is 14.4 Å². The first-order valence-corrected chi connectivity index (χ1v) is 10.6. The second-order valence-electron chi connectivity index (χ2n) is 8.04. The molecule has 3 rings (SSSR count). The van der Waals surface area contributed by atoms with E-state index in [-0.39, 0.29) is 31.0 Å². The number of aryl methyl sites for hydroxylation is 1. The second-order valence-corrected chi connectivity index (χ2v) is 8.04. The quantitative estimate of drug-likeness (QED) is 0.367. The van der Waals surface area contributed by atoms with E-state index in [1.165, 1.54) is 24.2 Å². The number of carboxylic acid groups (broad SMARTS) is 1. The molecule has 0 fully saturated rings. The van der Waals surface area contributed by atoms with E-state index in [1.807, 2.05) is 38.1 Å². The van der Waals surface area contributed by atoms with E-state index in [0.717, 1.165) is 22.3 Å². The van der Waals surface area contributed by atoms with E-state index in [9.17, 15) is 24.3 Å². The molecule has 180 valence electrons. The van der Waals surface area contributed by atoms with Gasteiger partial charge < -0.3 is 26.8 Å². The number of aliphatic carboxylic acids is 1. The number of carbonyl (C=O) groups excluding carboxylic acids is 3. The third kappa shape index (κ3) is 6.30. The zero-order chi connectivity index (χ0) is 25.0. The molecular weight excluding hydrogens is 461 g/mol. The number of ketones is 1. The zero-order valence-corrected chi connectivity index (χ0v) is 22.4. The average molecular weight is 490 g/mol. The van der Waals surface area contributed by atoms with Crippen LogP contribution in [0.1, 0.15) is 30.6 Å². The number of likely N-dealkylation sites (N-methyl/N-ethyl adjacent to an activating group) is 1. The standard InChI is InChI=1S/C25H27N3O6.Na.H/c1-14-7-5-6-8-16(14)22-15(2)17(9-10-20(22)34-4)18(13-21(30)31)26-25(33)27-23-19(29)11-12-28(3)24(23)32;;/h5-12,18,23H,13H2,1-4H3,(H,30,31)(H2,26,27,33);;/q;+1;-1/t18-,23?;;/m0../s1. The van der Waals surface area contributed by atoms with E-state index >= 15 is 0 Å². The van der Waals surface area contributed by atoms with E-state index in [0.29, 0.717) is 11.3 Å². The van der Waals surface area contributed by atoms with Crippen LogP contribution < -0.4 is 44.9 Å². The van der Waals surface area contributed by atoms with E-state index in [4.69, 9.17) is 4.74 Å². The Labute approximate surface area is 227 Å². The number of hydrogen-bond donors (Lipinski definition) is 3. The fraction of sp³-hybridized carbons (Fsp3) is 0.280. The maximum absolute atomic E-state index is 12.7. The Morgan fingerprint density at radius 2 is 1.86 bits per heavy atom. The van der Waals surface area contributed by atoms with Gasteiger partial charge >= 0.3 is 41.6 Å². The van der Waals surface area contributed by atoms with Crippen molar-refractivity contribution in [1.82, 2.24) is 15.5 Å². The fourth-order valence-electron chi connectivity index (χ4n) is 4.00. The molecule has 10 heteroatoms. The monoisotopic (exact) mass is 489 g/mol. The van der Waals surface area contributed by atoms with Gasteiger partial charge in [-0.25, -0.2) is 4.79 Å². The van der Waals surface area contributed by atoms with Crippen LogP contribution in [0.5, 0.6) is 5.75 Å². The largest absolute Gasteiger partial charge is 1.00 e. The van der Waals surface area contributed by atoms with Crippen LogP contribution in [-0.4, -0.2) is 53.9 Å². The van der Waals surface area contributed by atoms with Gasteiger partial charge in [0.1, 0.15) is 5.75 Å². The van der Waals surface area contributed by atoms with Crippen LogP contribution in [0.4, 0.5) is 4.79 Å². The number of amides is 3. The van der Waals surface area contributed by atoms with Gasteiger partial charge in [0.05, 0.1) is 19.6 Å². The molecule has 2 aromatic carbocycles. The predicted molar refractivity (Wildman–Crippen MR) is 126 cm³/mol. The number of methoxy groups -OCH3 is 1. The van der Waals surface area contributed by atoms with Crippen LogP contribution in [0.15, 0.2) is 48.7 Å². The Kier molecular flexibility index (Phi) is 9.64. The van der Waals surface area contributed by atoms with E-state index in [1.54, 1.807) is 19.2 Å². The molecule has 0 saturated carbocycles. The third-order valence-corrected chi connectivity index (χ3v) is 5.78. The van der Waals surface area contributed by atoms with Crippen LogP contribution in [0.25, 0.3) is 11.1 Å². The summed E-state index contributed by atoms with van der Waals surface area (Å²) >= 11 is 0. The Hall–Kier alpha value is -3.14. The van der Waals surface area contributed by atoms with Gasteiger partial charge in [0.25, 0.3) is 5.91 Å². The number of nitrogens with zero attached hydrogens (tertiary/aromatic N) is 1. The molecule has 1 unspecified atom stereocenters. The summed E-state index contributed by atoms with van der Waals surface area (Å²) in [6, 6.07) is 8.04. The molecule has 9 nitrogen and oxygen atoms in total. The first-order chi connectivity index (χ1) is 16.1. The molecule has 0 bridgehead atoms. The topological polar surface area (TPSA) is 125 Å². The zero-order valence-electron chi connectivity index (χ0n) is 21.4. The summed E-state index contributed by atoms with van der Waals surface area (Å²) in [7, 11) is 3.03. The van der Waals surface area contributed by atoms with Gasteiger partial charge in [-0.05, 0) is 42.2 Å². The summed E-state index contributed by atoms with van der Waals surface area (Å²) in [6.45, 7) is 3.80. The maximum Gasteiger partial charge on any atom is 1.00 e. The summed E-state index contributed by atoms with van der Waals surface area (Å²) in [5.74, 6) is -1.65. The molecule has 1 heterocycles. The Morgan fingerprint density at radius 3 is 2.49 bits per heavy atom. The molecule has 1 aliphatic heterocycles. The molecule has 2 aromatic rings. The van der Waals surface area contributed by atoms with Crippen LogP contribution in [0, 0.1) is 13.8 Å². The number of hydrogen-bond acceptors (Lipinski definition) is 5. The third-order valence-electron chi connectivity index (χ3n) is 5.78. The van der Waals surface area contributed by atoms with Gasteiger partial charge in [0.15, 0.2) is 11.8 Å². The summed E-state index contributed by atoms with van der Waals surface area (Å²) in [4.78, 5) is 49.9.